The molecule has 1 heterocycles. The van der Waals surface area contributed by atoms with Gasteiger partial charge in [0.25, 0.3) is 5.69 Å². The van der Waals surface area contributed by atoms with Gasteiger partial charge in [0.15, 0.2) is 0 Å². The topological polar surface area (TPSA) is 164 Å². The molecule has 0 saturated carbocycles. The van der Waals surface area contributed by atoms with Crippen molar-refractivity contribution < 1.29 is 55.4 Å². The van der Waals surface area contributed by atoms with Crippen LogP contribution in [0.15, 0.2) is 36.4 Å². The number of nitrogens with zero attached hydrogens (tertiary/aromatic N) is 2. The van der Waals surface area contributed by atoms with Crippen LogP contribution >= 0.6 is 0 Å². The second kappa shape index (κ2) is 15.1. The van der Waals surface area contributed by atoms with Crippen molar-refractivity contribution in [1.29, 1.82) is 0 Å². The van der Waals surface area contributed by atoms with E-state index in [4.69, 9.17) is 0 Å². The van der Waals surface area contributed by atoms with Crippen molar-refractivity contribution in [1.82, 2.24) is 15.6 Å². The van der Waals surface area contributed by atoms with Crippen molar-refractivity contribution in [3.63, 3.8) is 0 Å². The number of carbonyl (C=O) groups is 3. The van der Waals surface area contributed by atoms with Crippen LogP contribution in [0, 0.1) is 24.0 Å². The molecule has 184 valence electrons. The molecule has 0 aliphatic heterocycles. The molecule has 11 nitrogen and oxygen atoms in total. The van der Waals surface area contributed by atoms with Crippen molar-refractivity contribution in [2.45, 2.75) is 45.6 Å². The van der Waals surface area contributed by atoms with Crippen LogP contribution in [0.2, 0.25) is 0 Å². The molecule has 0 saturated heterocycles. The summed E-state index contributed by atoms with van der Waals surface area (Å²) in [5.41, 5.74) is 1.47. The van der Waals surface area contributed by atoms with Gasteiger partial charge in [-0.25, -0.2) is 4.98 Å². The van der Waals surface area contributed by atoms with Gasteiger partial charge in [-0.3, -0.25) is 24.5 Å². The van der Waals surface area contributed by atoms with E-state index in [1.54, 1.807) is 6.92 Å². The Morgan fingerprint density at radius 1 is 1.14 bits per heavy atom. The molecule has 1 atom stereocenters. The van der Waals surface area contributed by atoms with Gasteiger partial charge in [-0.05, 0) is 44.4 Å². The minimum Gasteiger partial charge on any atom is -1.00 e. The molecule has 0 aliphatic rings. The Morgan fingerprint density at radius 3 is 2.54 bits per heavy atom. The number of unbranched alkanes of at least 4 members (excludes halogenated alkanes) is 1. The first-order valence-electron chi connectivity index (χ1n) is 10.9. The number of hydrogen-bond acceptors (Lipinski definition) is 7. The first kappa shape index (κ1) is 30.0. The summed E-state index contributed by atoms with van der Waals surface area (Å²) in [7, 11) is 0. The molecule has 2 amide bonds. The number of hydrogen-bond donors (Lipinski definition) is 4. The molecular weight excluding hydrogens is 465 g/mol. The van der Waals surface area contributed by atoms with Crippen LogP contribution in [0.3, 0.4) is 0 Å². The number of carbonyl (C=O) groups excluding carboxylic acids is 2. The fourth-order valence-electron chi connectivity index (χ4n) is 3.25. The molecule has 0 fully saturated rings. The van der Waals surface area contributed by atoms with Gasteiger partial charge in [-0.15, -0.1) is 0 Å². The smallest absolute Gasteiger partial charge is 1.00 e. The van der Waals surface area contributed by atoms with Crippen LogP contribution in [0.5, 0.6) is 0 Å². The minimum absolute atomic E-state index is 0. The molecule has 35 heavy (non-hydrogen) atoms. The summed E-state index contributed by atoms with van der Waals surface area (Å²) in [5.74, 6) is -1.29. The molecule has 12 heteroatoms. The Labute approximate surface area is 227 Å². The number of carboxylic acids is 1. The van der Waals surface area contributed by atoms with E-state index >= 15 is 0 Å². The number of aliphatic carboxylic acids is 1. The molecule has 1 aromatic carbocycles. The Bertz CT molecular complexity index is 1060. The van der Waals surface area contributed by atoms with Crippen LogP contribution in [0.1, 0.15) is 50.0 Å². The maximum atomic E-state index is 12.3. The molecule has 1 unspecified atom stereocenters. The molecule has 0 bridgehead atoms. The molecule has 0 aliphatic carbocycles. The van der Waals surface area contributed by atoms with Gasteiger partial charge in [0.05, 0.1) is 23.9 Å². The third kappa shape index (κ3) is 10.8. The fraction of sp³-hybridized carbons (Fsp3) is 0.391. The summed E-state index contributed by atoms with van der Waals surface area (Å²) in [6.45, 7) is 3.80. The van der Waals surface area contributed by atoms with Gasteiger partial charge in [0.2, 0.25) is 11.8 Å². The van der Waals surface area contributed by atoms with Crippen molar-refractivity contribution in [2.75, 3.05) is 18.4 Å². The van der Waals surface area contributed by atoms with Crippen molar-refractivity contribution in [2.24, 2.45) is 0 Å². The predicted octanol–water partition coefficient (Wildman–Crippen LogP) is -0.246. The Hall–Kier alpha value is -3.02. The van der Waals surface area contributed by atoms with Gasteiger partial charge in [-0.2, -0.15) is 0 Å². The maximum absolute atomic E-state index is 12.3. The third-order valence-electron chi connectivity index (χ3n) is 5.02. The summed E-state index contributed by atoms with van der Waals surface area (Å²) in [4.78, 5) is 50.5. The normalized spacial score (nSPS) is 11.0. The molecular formula is C23H30N5NaO6. The quantitative estimate of drug-likeness (QED) is 0.128. The number of aromatic nitrogens is 1. The van der Waals surface area contributed by atoms with E-state index in [-0.39, 0.29) is 55.5 Å². The number of amides is 2. The monoisotopic (exact) mass is 495 g/mol. The molecule has 2 rings (SSSR count). The molecule has 2 aromatic rings. The summed E-state index contributed by atoms with van der Waals surface area (Å²) < 4.78 is 0. The number of nitro benzene ring substituents is 1. The first-order valence-corrected chi connectivity index (χ1v) is 10.9. The molecule has 0 spiro atoms. The number of rotatable bonds is 13. The van der Waals surface area contributed by atoms with E-state index < -0.39 is 29.3 Å². The van der Waals surface area contributed by atoms with Crippen molar-refractivity contribution >= 4 is 29.3 Å². The van der Waals surface area contributed by atoms with Crippen LogP contribution in [-0.4, -0.2) is 45.9 Å². The fourth-order valence-corrected chi connectivity index (χ4v) is 3.25. The zero-order valence-corrected chi connectivity index (χ0v) is 22.2. The number of carboxylic acid groups (broad SMARTS) is 1. The zero-order valence-electron chi connectivity index (χ0n) is 21.2. The summed E-state index contributed by atoms with van der Waals surface area (Å²) in [5, 5.41) is 28.6. The Balaban J connectivity index is 0.00000612. The third-order valence-corrected chi connectivity index (χ3v) is 5.02. The van der Waals surface area contributed by atoms with E-state index in [0.717, 1.165) is 17.9 Å². The summed E-state index contributed by atoms with van der Waals surface area (Å²) in [6.07, 6.45) is 1.13. The van der Waals surface area contributed by atoms with E-state index in [1.165, 1.54) is 18.2 Å². The second-order valence-corrected chi connectivity index (χ2v) is 7.85. The van der Waals surface area contributed by atoms with E-state index in [9.17, 15) is 29.6 Å². The Kier molecular flexibility index (Phi) is 12.9. The van der Waals surface area contributed by atoms with Crippen LogP contribution in [0.4, 0.5) is 11.5 Å². The van der Waals surface area contributed by atoms with Crippen LogP contribution in [-0.2, 0) is 14.4 Å². The van der Waals surface area contributed by atoms with Gasteiger partial charge in [0, 0.05) is 30.3 Å². The second-order valence-electron chi connectivity index (χ2n) is 7.85. The maximum Gasteiger partial charge on any atom is 1.00 e. The summed E-state index contributed by atoms with van der Waals surface area (Å²) in [6, 6.07) is 8.99. The minimum atomic E-state index is -1.17. The average molecular weight is 496 g/mol. The predicted molar refractivity (Wildman–Crippen MR) is 126 cm³/mol. The van der Waals surface area contributed by atoms with Gasteiger partial charge >= 0.3 is 35.5 Å². The van der Waals surface area contributed by atoms with Gasteiger partial charge in [0.1, 0.15) is 5.82 Å². The number of nitrogens with one attached hydrogen (secondary N) is 3. The van der Waals surface area contributed by atoms with Crippen LogP contribution < -0.4 is 45.5 Å². The number of aryl methyl sites for hydroxylation is 2. The summed E-state index contributed by atoms with van der Waals surface area (Å²) >= 11 is 0. The molecule has 0 radical (unpaired) electrons. The standard InChI is InChI=1S/C23H29N5O6.Na.H/c1-15-9-10-17(12-19(15)28(33)34)18(13-23(31)32)27-22(30)14-25-21(29)8-3-4-11-24-20-7-5-6-16(2)26-20;;/h5-7,9-10,12,18H,3-4,8,11,13-14H2,1-2H3,(H,24,26)(H,25,29)(H,27,30)(H,31,32);;/q;+1;-1. The van der Waals surface area contributed by atoms with E-state index in [1.807, 2.05) is 25.1 Å². The van der Waals surface area contributed by atoms with Crippen LogP contribution in [0.25, 0.3) is 0 Å². The van der Waals surface area contributed by atoms with E-state index in [2.05, 4.69) is 20.9 Å². The molecule has 1 aromatic heterocycles. The van der Waals surface area contributed by atoms with Gasteiger partial charge in [-0.1, -0.05) is 18.2 Å². The number of pyridine rings is 1. The number of nitro groups is 1. The zero-order chi connectivity index (χ0) is 25.1. The van der Waals surface area contributed by atoms with Gasteiger partial charge < -0.3 is 22.5 Å². The number of benzene rings is 1. The largest absolute Gasteiger partial charge is 1.00 e. The molecule has 4 N–H and O–H groups in total. The number of anilines is 1. The average Bonchev–Trinajstić information content (AvgIpc) is 2.77. The van der Waals surface area contributed by atoms with Crippen molar-refractivity contribution in [3.8, 4) is 0 Å². The van der Waals surface area contributed by atoms with Crippen molar-refractivity contribution in [3.05, 3.63) is 63.3 Å². The SMILES string of the molecule is Cc1cccc(NCCCCC(=O)NCC(=O)NC(CC(=O)O)c2ccc(C)c([N+](=O)[O-])c2)n1.[H-].[Na+]. The Morgan fingerprint density at radius 2 is 1.89 bits per heavy atom. The first-order chi connectivity index (χ1) is 16.2. The van der Waals surface area contributed by atoms with E-state index in [0.29, 0.717) is 24.1 Å².